The van der Waals surface area contributed by atoms with Gasteiger partial charge in [0.25, 0.3) is 0 Å². The summed E-state index contributed by atoms with van der Waals surface area (Å²) in [6.07, 6.45) is 8.97. The van der Waals surface area contributed by atoms with E-state index in [2.05, 4.69) is 18.4 Å². The number of rotatable bonds is 18. The Hall–Kier alpha value is -1.45. The largest absolute Gasteiger partial charge is 0.499 e. The average molecular weight is 495 g/mol. The lowest BCUT2D eigenvalue weighted by atomic mass is 10.0. The summed E-state index contributed by atoms with van der Waals surface area (Å²) in [7, 11) is -5.03. The summed E-state index contributed by atoms with van der Waals surface area (Å²) in [6.45, 7) is 3.55. The Kier molecular flexibility index (Phi) is 13.9. The Balaban J connectivity index is 2.26. The van der Waals surface area contributed by atoms with Crippen molar-refractivity contribution in [2.75, 3.05) is 6.61 Å². The van der Waals surface area contributed by atoms with Crippen molar-refractivity contribution >= 4 is 19.8 Å². The van der Waals surface area contributed by atoms with Crippen LogP contribution in [0.5, 0.6) is 0 Å². The number of carbonyl (C=O) groups excluding carboxylic acids is 2. The second kappa shape index (κ2) is 15.5. The zero-order chi connectivity index (χ0) is 24.9. The molecule has 1 aliphatic rings. The maximum atomic E-state index is 12.1. The number of phosphoric acid groups is 1. The highest BCUT2D eigenvalue weighted by molar-refractivity contribution is 7.46. The molecule has 0 saturated carbocycles. The highest BCUT2D eigenvalue weighted by atomic mass is 31.2. The number of esters is 2. The third-order valence-electron chi connectivity index (χ3n) is 5.35. The summed E-state index contributed by atoms with van der Waals surface area (Å²) >= 11 is 0. The smallest absolute Gasteiger partial charge is 0.470 e. The van der Waals surface area contributed by atoms with Crippen LogP contribution in [-0.4, -0.2) is 50.8 Å². The number of hydrogen-bond donors (Lipinski definition) is 4. The van der Waals surface area contributed by atoms with Gasteiger partial charge in [-0.1, -0.05) is 78.1 Å². The van der Waals surface area contributed by atoms with Gasteiger partial charge in [0.1, 0.15) is 6.10 Å². The number of phosphoric ester groups is 1. The minimum absolute atomic E-state index is 0.0384. The summed E-state index contributed by atoms with van der Waals surface area (Å²) in [6, 6.07) is 0. The fraction of sp³-hybridized carbons (Fsp3) is 0.818. The average Bonchev–Trinajstić information content (AvgIpc) is 3.00. The molecule has 0 spiro atoms. The predicted molar refractivity (Wildman–Crippen MR) is 120 cm³/mol. The molecule has 0 aliphatic carbocycles. The van der Waals surface area contributed by atoms with Crippen LogP contribution in [-0.2, 0) is 28.2 Å². The molecule has 0 aromatic rings. The molecule has 0 radical (unpaired) electrons. The molecule has 0 amide bonds. The maximum absolute atomic E-state index is 12.1. The molecule has 192 valence electrons. The Morgan fingerprint density at radius 2 is 1.52 bits per heavy atom. The molecule has 2 atom stereocenters. The quantitative estimate of drug-likeness (QED) is 0.124. The van der Waals surface area contributed by atoms with Crippen molar-refractivity contribution in [1.29, 1.82) is 0 Å². The van der Waals surface area contributed by atoms with Crippen LogP contribution in [0.15, 0.2) is 11.5 Å². The summed E-state index contributed by atoms with van der Waals surface area (Å²) in [5.41, 5.74) is 0. The molecule has 33 heavy (non-hydrogen) atoms. The number of aliphatic hydroxyl groups excluding tert-OH is 2. The molecule has 0 aromatic heterocycles. The Labute approximate surface area is 195 Å². The highest BCUT2D eigenvalue weighted by Gasteiger charge is 2.44. The van der Waals surface area contributed by atoms with E-state index in [1.54, 1.807) is 0 Å². The molecule has 0 unspecified atom stereocenters. The molecular formula is C22H39O10P. The van der Waals surface area contributed by atoms with E-state index in [1.807, 2.05) is 0 Å². The van der Waals surface area contributed by atoms with Gasteiger partial charge >= 0.3 is 19.8 Å². The van der Waals surface area contributed by atoms with E-state index >= 15 is 0 Å². The first-order valence-electron chi connectivity index (χ1n) is 11.7. The predicted octanol–water partition coefficient (Wildman–Crippen LogP) is 4.03. The Morgan fingerprint density at radius 1 is 1.00 bits per heavy atom. The Morgan fingerprint density at radius 3 is 2.00 bits per heavy atom. The minimum atomic E-state index is -5.03. The number of cyclic esters (lactones) is 1. The third-order valence-corrected chi connectivity index (χ3v) is 5.89. The van der Waals surface area contributed by atoms with Gasteiger partial charge in [0.05, 0.1) is 6.61 Å². The van der Waals surface area contributed by atoms with E-state index in [4.69, 9.17) is 19.3 Å². The molecule has 1 heterocycles. The van der Waals surface area contributed by atoms with Gasteiger partial charge in [-0.15, -0.1) is 0 Å². The van der Waals surface area contributed by atoms with Crippen LogP contribution >= 0.6 is 7.82 Å². The summed E-state index contributed by atoms with van der Waals surface area (Å²) in [5, 5.41) is 19.1. The van der Waals surface area contributed by atoms with Gasteiger partial charge in [-0.2, -0.15) is 0 Å². The molecule has 0 saturated heterocycles. The van der Waals surface area contributed by atoms with Crippen molar-refractivity contribution in [1.82, 2.24) is 0 Å². The SMILES string of the molecule is CC(C)CCCCCCCCCCCCC(=O)OC1=C(O)C(=O)O[C@@H]1[C@H](CO)OP(=O)(O)O. The molecule has 4 N–H and O–H groups in total. The number of ether oxygens (including phenoxy) is 2. The second-order valence-electron chi connectivity index (χ2n) is 8.80. The highest BCUT2D eigenvalue weighted by Crippen LogP contribution is 2.40. The van der Waals surface area contributed by atoms with Gasteiger partial charge in [-0.25, -0.2) is 9.36 Å². The first-order chi connectivity index (χ1) is 15.5. The number of carbonyl (C=O) groups is 2. The zero-order valence-electron chi connectivity index (χ0n) is 19.6. The van der Waals surface area contributed by atoms with Gasteiger partial charge in [0.15, 0.2) is 6.10 Å². The van der Waals surface area contributed by atoms with Crippen LogP contribution < -0.4 is 0 Å². The van der Waals surface area contributed by atoms with E-state index < -0.39 is 50.1 Å². The van der Waals surface area contributed by atoms with Crippen LogP contribution in [0.4, 0.5) is 0 Å². The van der Waals surface area contributed by atoms with Crippen molar-refractivity contribution in [3.63, 3.8) is 0 Å². The fourth-order valence-electron chi connectivity index (χ4n) is 3.58. The number of hydrogen-bond acceptors (Lipinski definition) is 8. The first-order valence-corrected chi connectivity index (χ1v) is 13.3. The van der Waals surface area contributed by atoms with E-state index in [1.165, 1.54) is 44.9 Å². The number of aliphatic hydroxyl groups is 2. The molecule has 10 nitrogen and oxygen atoms in total. The molecule has 0 bridgehead atoms. The van der Waals surface area contributed by atoms with E-state index in [0.717, 1.165) is 25.2 Å². The van der Waals surface area contributed by atoms with Gasteiger partial charge in [0, 0.05) is 6.42 Å². The summed E-state index contributed by atoms with van der Waals surface area (Å²) in [5.74, 6) is -2.81. The normalized spacial score (nSPS) is 17.5. The van der Waals surface area contributed by atoms with Gasteiger partial charge in [-0.05, 0) is 12.3 Å². The monoisotopic (exact) mass is 494 g/mol. The van der Waals surface area contributed by atoms with Crippen LogP contribution in [0, 0.1) is 5.92 Å². The molecule has 1 aliphatic heterocycles. The number of unbranched alkanes of at least 4 members (excludes halogenated alkanes) is 9. The van der Waals surface area contributed by atoms with Gasteiger partial charge in [-0.3, -0.25) is 9.32 Å². The van der Waals surface area contributed by atoms with Crippen LogP contribution in [0.1, 0.15) is 90.9 Å². The zero-order valence-corrected chi connectivity index (χ0v) is 20.5. The van der Waals surface area contributed by atoms with Crippen molar-refractivity contribution < 1.29 is 48.2 Å². The third kappa shape index (κ3) is 12.5. The van der Waals surface area contributed by atoms with Crippen LogP contribution in [0.3, 0.4) is 0 Å². The lowest BCUT2D eigenvalue weighted by molar-refractivity contribution is -0.151. The standard InChI is InChI=1S/C22H39O10P/c1-16(2)13-11-9-7-5-3-4-6-8-10-12-14-18(24)30-21-19(25)22(26)31-20(21)17(15-23)32-33(27,28)29/h16-17,20,23,25H,3-15H2,1-2H3,(H2,27,28,29)/t17-,20+/m0/s1. The topological polar surface area (TPSA) is 160 Å². The second-order valence-corrected chi connectivity index (χ2v) is 9.99. The van der Waals surface area contributed by atoms with Crippen molar-refractivity contribution in [2.45, 2.75) is 103 Å². The van der Waals surface area contributed by atoms with Crippen molar-refractivity contribution in [3.8, 4) is 0 Å². The summed E-state index contributed by atoms with van der Waals surface area (Å²) < 4.78 is 25.1. The molecule has 0 fully saturated rings. The van der Waals surface area contributed by atoms with E-state index in [-0.39, 0.29) is 6.42 Å². The van der Waals surface area contributed by atoms with E-state index in [0.29, 0.717) is 6.42 Å². The van der Waals surface area contributed by atoms with Gasteiger partial charge < -0.3 is 29.5 Å². The van der Waals surface area contributed by atoms with E-state index in [9.17, 15) is 24.4 Å². The van der Waals surface area contributed by atoms with Crippen molar-refractivity contribution in [2.24, 2.45) is 5.92 Å². The Bertz CT molecular complexity index is 685. The maximum Gasteiger partial charge on any atom is 0.470 e. The first kappa shape index (κ1) is 29.6. The van der Waals surface area contributed by atoms with Crippen molar-refractivity contribution in [3.05, 3.63) is 11.5 Å². The van der Waals surface area contributed by atoms with Crippen LogP contribution in [0.2, 0.25) is 0 Å². The lowest BCUT2D eigenvalue weighted by Gasteiger charge is -2.22. The van der Waals surface area contributed by atoms with Gasteiger partial charge in [0.2, 0.25) is 11.5 Å². The molecule has 1 rings (SSSR count). The van der Waals surface area contributed by atoms with Crippen LogP contribution in [0.25, 0.3) is 0 Å². The molecule has 11 heteroatoms. The molecule has 0 aromatic carbocycles. The fourth-order valence-corrected chi connectivity index (χ4v) is 4.11. The lowest BCUT2D eigenvalue weighted by Crippen LogP contribution is -2.35. The minimum Gasteiger partial charge on any atom is -0.499 e. The summed E-state index contributed by atoms with van der Waals surface area (Å²) in [4.78, 5) is 41.5. The molecular weight excluding hydrogens is 455 g/mol.